The zero-order chi connectivity index (χ0) is 17.4. The Morgan fingerprint density at radius 2 is 2.00 bits per heavy atom. The SMILES string of the molecule is CC(=O)N1CCc2cc(C(O)CN3CCCC4CCCCC43)ccc21. The van der Waals surface area contributed by atoms with Crippen LogP contribution in [0, 0.1) is 5.92 Å². The van der Waals surface area contributed by atoms with E-state index in [0.717, 1.165) is 43.2 Å². The van der Waals surface area contributed by atoms with Crippen LogP contribution in [0.2, 0.25) is 0 Å². The molecule has 4 heteroatoms. The Hall–Kier alpha value is -1.39. The molecule has 0 bridgehead atoms. The number of hydrogen-bond acceptors (Lipinski definition) is 3. The normalized spacial score (nSPS) is 27.7. The minimum Gasteiger partial charge on any atom is -0.387 e. The summed E-state index contributed by atoms with van der Waals surface area (Å²) in [6.07, 6.45) is 8.50. The van der Waals surface area contributed by atoms with Crippen molar-refractivity contribution >= 4 is 11.6 Å². The topological polar surface area (TPSA) is 43.8 Å². The van der Waals surface area contributed by atoms with Gasteiger partial charge in [0.1, 0.15) is 0 Å². The number of likely N-dealkylation sites (tertiary alicyclic amines) is 1. The van der Waals surface area contributed by atoms with Crippen LogP contribution in [0.15, 0.2) is 18.2 Å². The van der Waals surface area contributed by atoms with Crippen molar-refractivity contribution in [2.45, 2.75) is 64.0 Å². The number of anilines is 1. The van der Waals surface area contributed by atoms with Crippen LogP contribution in [0.3, 0.4) is 0 Å². The van der Waals surface area contributed by atoms with Gasteiger partial charge in [-0.1, -0.05) is 25.0 Å². The van der Waals surface area contributed by atoms with Crippen LogP contribution in [-0.2, 0) is 11.2 Å². The van der Waals surface area contributed by atoms with Crippen LogP contribution in [0.25, 0.3) is 0 Å². The summed E-state index contributed by atoms with van der Waals surface area (Å²) < 4.78 is 0. The van der Waals surface area contributed by atoms with E-state index in [0.29, 0.717) is 6.04 Å². The van der Waals surface area contributed by atoms with Crippen molar-refractivity contribution in [1.82, 2.24) is 4.90 Å². The van der Waals surface area contributed by atoms with Gasteiger partial charge >= 0.3 is 0 Å². The second-order valence-electron chi connectivity index (χ2n) is 8.07. The molecule has 1 saturated heterocycles. The van der Waals surface area contributed by atoms with Crippen LogP contribution >= 0.6 is 0 Å². The summed E-state index contributed by atoms with van der Waals surface area (Å²) in [6.45, 7) is 4.26. The van der Waals surface area contributed by atoms with E-state index in [-0.39, 0.29) is 5.91 Å². The van der Waals surface area contributed by atoms with E-state index in [1.54, 1.807) is 6.92 Å². The fraction of sp³-hybridized carbons (Fsp3) is 0.667. The van der Waals surface area contributed by atoms with Gasteiger partial charge in [-0.2, -0.15) is 0 Å². The highest BCUT2D eigenvalue weighted by Crippen LogP contribution is 2.36. The molecule has 2 fully saturated rings. The number of rotatable bonds is 3. The Morgan fingerprint density at radius 1 is 1.20 bits per heavy atom. The predicted molar refractivity (Wildman–Crippen MR) is 99.7 cm³/mol. The molecule has 25 heavy (non-hydrogen) atoms. The molecule has 2 aliphatic heterocycles. The van der Waals surface area contributed by atoms with E-state index in [2.05, 4.69) is 11.0 Å². The molecule has 1 aliphatic carbocycles. The average molecular weight is 342 g/mol. The minimum atomic E-state index is -0.433. The van der Waals surface area contributed by atoms with Crippen LogP contribution in [0.5, 0.6) is 0 Å². The summed E-state index contributed by atoms with van der Waals surface area (Å²) >= 11 is 0. The number of carbonyl (C=O) groups excluding carboxylic acids is 1. The standard InChI is InChI=1S/C21H30N2O2/c1-15(24)23-12-10-17-13-18(8-9-20(17)23)21(25)14-22-11-4-6-16-5-2-3-7-19(16)22/h8-9,13,16,19,21,25H,2-7,10-12,14H2,1H3. The maximum absolute atomic E-state index is 11.7. The van der Waals surface area contributed by atoms with E-state index < -0.39 is 6.10 Å². The zero-order valence-corrected chi connectivity index (χ0v) is 15.3. The molecule has 4 nitrogen and oxygen atoms in total. The lowest BCUT2D eigenvalue weighted by Crippen LogP contribution is -2.48. The van der Waals surface area contributed by atoms with Crippen molar-refractivity contribution in [3.05, 3.63) is 29.3 Å². The molecule has 0 spiro atoms. The largest absolute Gasteiger partial charge is 0.387 e. The number of aliphatic hydroxyl groups is 1. The molecule has 136 valence electrons. The third kappa shape index (κ3) is 3.34. The molecule has 1 N–H and O–H groups in total. The smallest absolute Gasteiger partial charge is 0.223 e. The van der Waals surface area contributed by atoms with Gasteiger partial charge in [-0.3, -0.25) is 9.69 Å². The molecule has 0 radical (unpaired) electrons. The van der Waals surface area contributed by atoms with Gasteiger partial charge < -0.3 is 10.0 Å². The van der Waals surface area contributed by atoms with Crippen molar-refractivity contribution in [1.29, 1.82) is 0 Å². The molecule has 3 unspecified atom stereocenters. The molecule has 1 saturated carbocycles. The quantitative estimate of drug-likeness (QED) is 0.917. The number of aliphatic hydroxyl groups excluding tert-OH is 1. The summed E-state index contributed by atoms with van der Waals surface area (Å²) in [5, 5.41) is 10.8. The Labute approximate surface area is 150 Å². The van der Waals surface area contributed by atoms with Crippen molar-refractivity contribution in [2.24, 2.45) is 5.92 Å². The first-order valence-corrected chi connectivity index (χ1v) is 9.96. The van der Waals surface area contributed by atoms with E-state index in [1.807, 2.05) is 17.0 Å². The molecule has 4 rings (SSSR count). The highest BCUT2D eigenvalue weighted by atomic mass is 16.3. The third-order valence-corrected chi connectivity index (χ3v) is 6.53. The summed E-state index contributed by atoms with van der Waals surface area (Å²) in [7, 11) is 0. The second-order valence-corrected chi connectivity index (χ2v) is 8.07. The summed E-state index contributed by atoms with van der Waals surface area (Å²) in [4.78, 5) is 16.1. The Balaban J connectivity index is 1.46. The Morgan fingerprint density at radius 3 is 2.84 bits per heavy atom. The van der Waals surface area contributed by atoms with E-state index >= 15 is 0 Å². The minimum absolute atomic E-state index is 0.101. The molecule has 1 aromatic carbocycles. The van der Waals surface area contributed by atoms with E-state index in [1.165, 1.54) is 44.1 Å². The van der Waals surface area contributed by atoms with Gasteiger partial charge in [0.05, 0.1) is 6.10 Å². The van der Waals surface area contributed by atoms with Crippen LogP contribution in [-0.4, -0.2) is 41.6 Å². The summed E-state index contributed by atoms with van der Waals surface area (Å²) in [5.41, 5.74) is 3.22. The van der Waals surface area contributed by atoms with Gasteiger partial charge in [-0.05, 0) is 61.8 Å². The molecule has 0 aromatic heterocycles. The van der Waals surface area contributed by atoms with Crippen molar-refractivity contribution in [3.8, 4) is 0 Å². The van der Waals surface area contributed by atoms with Gasteiger partial charge in [-0.15, -0.1) is 0 Å². The predicted octanol–water partition coefficient (Wildman–Crippen LogP) is 3.28. The zero-order valence-electron chi connectivity index (χ0n) is 15.3. The first-order chi connectivity index (χ1) is 12.1. The van der Waals surface area contributed by atoms with Gasteiger partial charge in [-0.25, -0.2) is 0 Å². The first kappa shape index (κ1) is 17.0. The fourth-order valence-electron chi connectivity index (χ4n) is 5.24. The van der Waals surface area contributed by atoms with Gasteiger partial charge in [0.15, 0.2) is 0 Å². The monoisotopic (exact) mass is 342 g/mol. The number of amides is 1. The number of hydrogen-bond donors (Lipinski definition) is 1. The lowest BCUT2D eigenvalue weighted by atomic mass is 9.78. The van der Waals surface area contributed by atoms with Crippen LogP contribution in [0.1, 0.15) is 62.7 Å². The molecule has 3 aliphatic rings. The molecule has 3 atom stereocenters. The van der Waals surface area contributed by atoms with Crippen molar-refractivity contribution < 1.29 is 9.90 Å². The first-order valence-electron chi connectivity index (χ1n) is 9.96. The lowest BCUT2D eigenvalue weighted by Gasteiger charge is -2.44. The van der Waals surface area contributed by atoms with Gasteiger partial charge in [0, 0.05) is 31.7 Å². The Kier molecular flexibility index (Phi) is 4.83. The van der Waals surface area contributed by atoms with E-state index in [4.69, 9.17) is 0 Å². The molecular weight excluding hydrogens is 312 g/mol. The van der Waals surface area contributed by atoms with Crippen LogP contribution in [0.4, 0.5) is 5.69 Å². The van der Waals surface area contributed by atoms with Crippen molar-refractivity contribution in [2.75, 3.05) is 24.5 Å². The van der Waals surface area contributed by atoms with E-state index in [9.17, 15) is 9.90 Å². The number of fused-ring (bicyclic) bond motifs is 2. The maximum Gasteiger partial charge on any atom is 0.223 e. The molecule has 2 heterocycles. The maximum atomic E-state index is 11.7. The summed E-state index contributed by atoms with van der Waals surface area (Å²) in [6, 6.07) is 6.82. The summed E-state index contributed by atoms with van der Waals surface area (Å²) in [5.74, 6) is 0.947. The second kappa shape index (κ2) is 7.08. The molecular formula is C21H30N2O2. The van der Waals surface area contributed by atoms with Crippen molar-refractivity contribution in [3.63, 3.8) is 0 Å². The number of β-amino-alcohol motifs (C(OH)–C–C–N with tert-alkyl or cyclic N) is 1. The Bertz CT molecular complexity index is 643. The van der Waals surface area contributed by atoms with Gasteiger partial charge in [0.25, 0.3) is 0 Å². The average Bonchev–Trinajstić information content (AvgIpc) is 3.05. The highest BCUT2D eigenvalue weighted by molar-refractivity contribution is 5.93. The highest BCUT2D eigenvalue weighted by Gasteiger charge is 2.34. The molecule has 1 amide bonds. The third-order valence-electron chi connectivity index (χ3n) is 6.53. The van der Waals surface area contributed by atoms with Gasteiger partial charge in [0.2, 0.25) is 5.91 Å². The van der Waals surface area contributed by atoms with Crippen LogP contribution < -0.4 is 4.90 Å². The molecule has 1 aromatic rings. The number of nitrogens with zero attached hydrogens (tertiary/aromatic N) is 2. The number of carbonyl (C=O) groups is 1. The number of benzene rings is 1. The number of piperidine rings is 1. The lowest BCUT2D eigenvalue weighted by molar-refractivity contribution is -0.116. The fourth-order valence-corrected chi connectivity index (χ4v) is 5.24.